The molecule has 0 aromatic heterocycles. The van der Waals surface area contributed by atoms with Gasteiger partial charge in [-0.3, -0.25) is 19.3 Å². The number of aliphatic hydroxyl groups is 1. The lowest BCUT2D eigenvalue weighted by molar-refractivity contribution is -0.130. The van der Waals surface area contributed by atoms with Crippen LogP contribution in [-0.2, 0) is 25.5 Å². The molecule has 2 saturated heterocycles. The molecule has 2 aliphatic rings. The third-order valence-electron chi connectivity index (χ3n) is 6.45. The van der Waals surface area contributed by atoms with Crippen LogP contribution >= 0.6 is 0 Å². The molecule has 0 bridgehead atoms. The molecule has 2 heterocycles. The Hall–Kier alpha value is -3.07. The van der Waals surface area contributed by atoms with E-state index in [1.165, 1.54) is 5.57 Å². The average Bonchev–Trinajstić information content (AvgIpc) is 3.82. The van der Waals surface area contributed by atoms with Gasteiger partial charge in [-0.15, -0.1) is 0 Å². The number of nitrogens with zero attached hydrogens (tertiary/aromatic N) is 1. The fourth-order valence-electron chi connectivity index (χ4n) is 4.02. The molecule has 222 valence electrons. The SMILES string of the molecule is C=C(C)/C=C\C(C)=C/C.CC.O=C(CN1CCCCC1CO)NCC(=O)NC(Cc1ccccc1)C(=O)C1CO1. The summed E-state index contributed by atoms with van der Waals surface area (Å²) >= 11 is 0. The molecular formula is C32H49N3O5. The zero-order chi connectivity index (χ0) is 29.9. The number of piperidine rings is 1. The van der Waals surface area contributed by atoms with E-state index in [0.29, 0.717) is 13.0 Å². The third-order valence-corrected chi connectivity index (χ3v) is 6.45. The molecular weight excluding hydrogens is 506 g/mol. The Morgan fingerprint density at radius 2 is 1.80 bits per heavy atom. The molecule has 3 N–H and O–H groups in total. The first-order valence-electron chi connectivity index (χ1n) is 14.3. The van der Waals surface area contributed by atoms with E-state index in [0.717, 1.165) is 36.9 Å². The molecule has 40 heavy (non-hydrogen) atoms. The molecule has 8 nitrogen and oxygen atoms in total. The topological polar surface area (TPSA) is 111 Å². The van der Waals surface area contributed by atoms with Crippen molar-refractivity contribution in [1.29, 1.82) is 0 Å². The third kappa shape index (κ3) is 14.4. The van der Waals surface area contributed by atoms with Crippen molar-refractivity contribution in [2.24, 2.45) is 0 Å². The standard InChI is InChI=1S/C21H29N3O5.C9H14.C2H6/c25-13-16-8-4-5-9-24(16)12-20(27)22-11-19(26)23-17(21(28)18-14-29-18)10-15-6-2-1-3-7-15;1-5-9(4)7-6-8(2)3;1-2/h1-3,6-7,16-18,25H,4-5,8-14H2,(H,22,27)(H,23,26);5-7H,2H2,1,3-4H3;1-2H3/b;7-6-,9-5-;. The maximum absolute atomic E-state index is 12.5. The Morgan fingerprint density at radius 3 is 2.38 bits per heavy atom. The molecule has 3 unspecified atom stereocenters. The summed E-state index contributed by atoms with van der Waals surface area (Å²) in [6.45, 7) is 15.0. The van der Waals surface area contributed by atoms with E-state index >= 15 is 0 Å². The van der Waals surface area contributed by atoms with Gasteiger partial charge in [0.1, 0.15) is 6.10 Å². The van der Waals surface area contributed by atoms with Gasteiger partial charge in [0.2, 0.25) is 11.8 Å². The zero-order valence-corrected chi connectivity index (χ0v) is 24.9. The lowest BCUT2D eigenvalue weighted by Crippen LogP contribution is -2.50. The van der Waals surface area contributed by atoms with Crippen LogP contribution in [0.3, 0.4) is 0 Å². The van der Waals surface area contributed by atoms with Gasteiger partial charge in [-0.05, 0) is 52.1 Å². The number of Topliss-reactive ketones (excluding diaryl/α,β-unsaturated/α-hetero) is 1. The fourth-order valence-corrected chi connectivity index (χ4v) is 4.02. The molecule has 3 rings (SSSR count). The van der Waals surface area contributed by atoms with E-state index in [1.54, 1.807) is 0 Å². The summed E-state index contributed by atoms with van der Waals surface area (Å²) < 4.78 is 5.08. The Kier molecular flexibility index (Phi) is 17.4. The highest BCUT2D eigenvalue weighted by atomic mass is 16.6. The summed E-state index contributed by atoms with van der Waals surface area (Å²) in [6, 6.07) is 8.77. The molecule has 1 aromatic carbocycles. The monoisotopic (exact) mass is 555 g/mol. The number of carbonyl (C=O) groups is 3. The number of ether oxygens (including phenoxy) is 1. The number of ketones is 1. The maximum atomic E-state index is 12.5. The van der Waals surface area contributed by atoms with Gasteiger partial charge in [-0.2, -0.15) is 0 Å². The van der Waals surface area contributed by atoms with Crippen LogP contribution in [0.1, 0.15) is 59.4 Å². The Bertz CT molecular complexity index is 986. The first-order chi connectivity index (χ1) is 19.2. The molecule has 3 atom stereocenters. The van der Waals surface area contributed by atoms with Gasteiger partial charge in [0, 0.05) is 6.04 Å². The number of hydrogen-bond acceptors (Lipinski definition) is 6. The quantitative estimate of drug-likeness (QED) is 0.268. The number of carbonyl (C=O) groups excluding carboxylic acids is 3. The van der Waals surface area contributed by atoms with E-state index in [2.05, 4.69) is 36.3 Å². The molecule has 0 radical (unpaired) electrons. The van der Waals surface area contributed by atoms with Gasteiger partial charge >= 0.3 is 0 Å². The number of hydrogen-bond donors (Lipinski definition) is 3. The number of nitrogens with one attached hydrogen (secondary N) is 2. The molecule has 2 fully saturated rings. The Morgan fingerprint density at radius 1 is 1.12 bits per heavy atom. The molecule has 8 heteroatoms. The summed E-state index contributed by atoms with van der Waals surface area (Å²) in [5.74, 6) is -0.824. The van der Waals surface area contributed by atoms with Gasteiger partial charge in [0.05, 0.1) is 32.3 Å². The number of amides is 2. The van der Waals surface area contributed by atoms with Crippen molar-refractivity contribution in [3.05, 3.63) is 71.8 Å². The summed E-state index contributed by atoms with van der Waals surface area (Å²) in [5, 5.41) is 14.8. The normalized spacial score (nSPS) is 19.3. The Labute approximate surface area is 240 Å². The predicted molar refractivity (Wildman–Crippen MR) is 161 cm³/mol. The average molecular weight is 556 g/mol. The van der Waals surface area contributed by atoms with Crippen molar-refractivity contribution in [1.82, 2.24) is 15.5 Å². The number of likely N-dealkylation sites (tertiary alicyclic amines) is 1. The first kappa shape index (κ1) is 35.0. The minimum absolute atomic E-state index is 0.00487. The number of benzene rings is 1. The van der Waals surface area contributed by atoms with Gasteiger partial charge < -0.3 is 20.5 Å². The number of aliphatic hydroxyl groups excluding tert-OH is 1. The minimum Gasteiger partial charge on any atom is -0.395 e. The predicted octanol–water partition coefficient (Wildman–Crippen LogP) is 3.76. The van der Waals surface area contributed by atoms with Crippen LogP contribution in [0.4, 0.5) is 0 Å². The summed E-state index contributed by atoms with van der Waals surface area (Å²) in [6.07, 6.45) is 8.98. The smallest absolute Gasteiger partial charge is 0.239 e. The van der Waals surface area contributed by atoms with E-state index < -0.39 is 18.1 Å². The Balaban J connectivity index is 0.000000621. The summed E-state index contributed by atoms with van der Waals surface area (Å²) in [5.41, 5.74) is 3.31. The second-order valence-corrected chi connectivity index (χ2v) is 9.83. The minimum atomic E-state index is -0.685. The molecule has 0 aliphatic carbocycles. The largest absolute Gasteiger partial charge is 0.395 e. The maximum Gasteiger partial charge on any atom is 0.239 e. The second-order valence-electron chi connectivity index (χ2n) is 9.83. The van der Waals surface area contributed by atoms with Crippen molar-refractivity contribution in [2.45, 2.75) is 78.5 Å². The van der Waals surface area contributed by atoms with Crippen molar-refractivity contribution in [3.63, 3.8) is 0 Å². The fraction of sp³-hybridized carbons (Fsp3) is 0.531. The van der Waals surface area contributed by atoms with Crippen LogP contribution in [0, 0.1) is 0 Å². The van der Waals surface area contributed by atoms with Crippen LogP contribution in [-0.4, -0.2) is 78.6 Å². The molecule has 1 aromatic rings. The lowest BCUT2D eigenvalue weighted by atomic mass is 10.0. The zero-order valence-electron chi connectivity index (χ0n) is 24.9. The second kappa shape index (κ2) is 19.9. The first-order valence-corrected chi connectivity index (χ1v) is 14.3. The number of epoxide rings is 1. The molecule has 2 aliphatic heterocycles. The van der Waals surface area contributed by atoms with Gasteiger partial charge in [-0.1, -0.05) is 86.6 Å². The van der Waals surface area contributed by atoms with Gasteiger partial charge in [0.25, 0.3) is 0 Å². The molecule has 0 saturated carbocycles. The van der Waals surface area contributed by atoms with Crippen LogP contribution in [0.15, 0.2) is 66.3 Å². The van der Waals surface area contributed by atoms with Crippen LogP contribution < -0.4 is 10.6 Å². The van der Waals surface area contributed by atoms with E-state index in [4.69, 9.17) is 4.74 Å². The number of rotatable bonds is 12. The van der Waals surface area contributed by atoms with Crippen molar-refractivity contribution in [2.75, 3.05) is 32.8 Å². The highest BCUT2D eigenvalue weighted by Crippen LogP contribution is 2.16. The lowest BCUT2D eigenvalue weighted by Gasteiger charge is -2.33. The van der Waals surface area contributed by atoms with E-state index in [9.17, 15) is 19.5 Å². The van der Waals surface area contributed by atoms with E-state index in [-0.39, 0.29) is 37.4 Å². The molecule has 0 spiro atoms. The van der Waals surface area contributed by atoms with Gasteiger partial charge in [0.15, 0.2) is 5.78 Å². The summed E-state index contributed by atoms with van der Waals surface area (Å²) in [4.78, 5) is 38.9. The van der Waals surface area contributed by atoms with Crippen LogP contribution in [0.2, 0.25) is 0 Å². The molecule has 2 amide bonds. The van der Waals surface area contributed by atoms with E-state index in [1.807, 2.05) is 69.0 Å². The summed E-state index contributed by atoms with van der Waals surface area (Å²) in [7, 11) is 0. The van der Waals surface area contributed by atoms with Gasteiger partial charge in [-0.25, -0.2) is 0 Å². The van der Waals surface area contributed by atoms with Crippen molar-refractivity contribution >= 4 is 17.6 Å². The van der Waals surface area contributed by atoms with Crippen molar-refractivity contribution < 1.29 is 24.2 Å². The van der Waals surface area contributed by atoms with Crippen LogP contribution in [0.25, 0.3) is 0 Å². The highest BCUT2D eigenvalue weighted by Gasteiger charge is 2.37. The van der Waals surface area contributed by atoms with Crippen LogP contribution in [0.5, 0.6) is 0 Å². The highest BCUT2D eigenvalue weighted by molar-refractivity contribution is 5.94. The number of allylic oxidation sites excluding steroid dienone is 5. The van der Waals surface area contributed by atoms with Crippen molar-refractivity contribution in [3.8, 4) is 0 Å².